The molecule has 0 atom stereocenters. The molecule has 0 aliphatic rings. The largest absolute Gasteiger partial charge is 0.278 e. The van der Waals surface area contributed by atoms with Gasteiger partial charge in [0.1, 0.15) is 0 Å². The average molecular weight is 271 g/mol. The van der Waals surface area contributed by atoms with Crippen LogP contribution in [0.2, 0.25) is 0 Å². The van der Waals surface area contributed by atoms with Crippen LogP contribution < -0.4 is 0 Å². The maximum absolute atomic E-state index is 10.9. The lowest BCUT2D eigenvalue weighted by molar-refractivity contribution is -0.384. The van der Waals surface area contributed by atoms with E-state index in [0.717, 1.165) is 6.26 Å². The fourth-order valence-corrected chi connectivity index (χ4v) is 1.84. The van der Waals surface area contributed by atoms with Crippen molar-refractivity contribution in [3.05, 3.63) is 34.0 Å². The number of nitro benzene ring substituents is 1. The Labute approximate surface area is 102 Å². The number of hydrogen-bond donors (Lipinski definition) is 1. The number of nitrogens with one attached hydrogen (secondary N) is 1. The molecule has 0 saturated carbocycles. The summed E-state index contributed by atoms with van der Waals surface area (Å²) in [4.78, 5) is 10.2. The topological polar surface area (TPSA) is 115 Å². The zero-order chi connectivity index (χ0) is 13.3. The molecule has 0 unspecified atom stereocenters. The standard InChI is InChI=1S/C9H9N3O5S/c1-18(15,16)17-5-6-2-7(12(13)14)3-9-8(6)4-10-11-9/h2-4H,5H2,1H3,(H,10,11). The van der Waals surface area contributed by atoms with Crippen LogP contribution in [0, 0.1) is 10.1 Å². The van der Waals surface area contributed by atoms with Gasteiger partial charge in [-0.3, -0.25) is 19.4 Å². The van der Waals surface area contributed by atoms with Crippen molar-refractivity contribution in [1.82, 2.24) is 10.2 Å². The summed E-state index contributed by atoms with van der Waals surface area (Å²) in [5, 5.41) is 17.7. The van der Waals surface area contributed by atoms with E-state index in [1.165, 1.54) is 18.3 Å². The molecule has 0 bridgehead atoms. The van der Waals surface area contributed by atoms with E-state index in [4.69, 9.17) is 0 Å². The van der Waals surface area contributed by atoms with Gasteiger partial charge < -0.3 is 0 Å². The van der Waals surface area contributed by atoms with Gasteiger partial charge in [-0.2, -0.15) is 13.5 Å². The van der Waals surface area contributed by atoms with Crippen LogP contribution in [0.5, 0.6) is 0 Å². The summed E-state index contributed by atoms with van der Waals surface area (Å²) < 4.78 is 26.5. The van der Waals surface area contributed by atoms with Crippen LogP contribution in [0.1, 0.15) is 5.56 Å². The SMILES string of the molecule is CS(=O)(=O)OCc1cc([N+](=O)[O-])cc2[nH]ncc12. The van der Waals surface area contributed by atoms with Crippen LogP contribution in [-0.2, 0) is 20.9 Å². The lowest BCUT2D eigenvalue weighted by Crippen LogP contribution is -2.03. The van der Waals surface area contributed by atoms with Gasteiger partial charge in [-0.05, 0) is 5.56 Å². The molecule has 1 aromatic heterocycles. The smallest absolute Gasteiger partial charge is 0.271 e. The van der Waals surface area contributed by atoms with Crippen LogP contribution >= 0.6 is 0 Å². The predicted octanol–water partition coefficient (Wildman–Crippen LogP) is 0.947. The molecule has 9 heteroatoms. The number of aromatic nitrogens is 2. The fraction of sp³-hybridized carbons (Fsp3) is 0.222. The number of fused-ring (bicyclic) bond motifs is 1. The van der Waals surface area contributed by atoms with Gasteiger partial charge in [0.25, 0.3) is 15.8 Å². The molecule has 0 fully saturated rings. The Kier molecular flexibility index (Phi) is 3.01. The second-order valence-electron chi connectivity index (χ2n) is 3.66. The number of aromatic amines is 1. The van der Waals surface area contributed by atoms with E-state index in [9.17, 15) is 18.5 Å². The summed E-state index contributed by atoms with van der Waals surface area (Å²) >= 11 is 0. The van der Waals surface area contributed by atoms with Crippen molar-refractivity contribution in [2.24, 2.45) is 0 Å². The third kappa shape index (κ3) is 2.63. The first-order valence-electron chi connectivity index (χ1n) is 4.81. The lowest BCUT2D eigenvalue weighted by atomic mass is 10.1. The molecule has 0 spiro atoms. The Morgan fingerprint density at radius 3 is 2.83 bits per heavy atom. The molecule has 0 amide bonds. The summed E-state index contributed by atoms with van der Waals surface area (Å²) in [6.45, 7) is -0.267. The Morgan fingerprint density at radius 1 is 1.50 bits per heavy atom. The average Bonchev–Trinajstić information content (AvgIpc) is 2.72. The van der Waals surface area contributed by atoms with Crippen LogP contribution in [0.3, 0.4) is 0 Å². The first-order chi connectivity index (χ1) is 8.37. The van der Waals surface area contributed by atoms with Crippen molar-refractivity contribution >= 4 is 26.7 Å². The molecule has 1 heterocycles. The second-order valence-corrected chi connectivity index (χ2v) is 5.30. The van der Waals surface area contributed by atoms with Crippen molar-refractivity contribution in [2.45, 2.75) is 6.61 Å². The van der Waals surface area contributed by atoms with Crippen LogP contribution in [-0.4, -0.2) is 29.8 Å². The van der Waals surface area contributed by atoms with Gasteiger partial charge in [-0.15, -0.1) is 0 Å². The Hall–Kier alpha value is -2.00. The first-order valence-corrected chi connectivity index (χ1v) is 6.63. The van der Waals surface area contributed by atoms with Crippen molar-refractivity contribution in [1.29, 1.82) is 0 Å². The van der Waals surface area contributed by atoms with Crippen molar-refractivity contribution < 1.29 is 17.5 Å². The molecule has 0 radical (unpaired) electrons. The fourth-order valence-electron chi connectivity index (χ4n) is 1.50. The Balaban J connectivity index is 2.47. The Bertz CT molecular complexity index is 706. The molecular formula is C9H9N3O5S. The number of H-pyrrole nitrogens is 1. The minimum absolute atomic E-state index is 0.154. The molecule has 1 aromatic carbocycles. The highest BCUT2D eigenvalue weighted by Crippen LogP contribution is 2.24. The Morgan fingerprint density at radius 2 is 2.22 bits per heavy atom. The van der Waals surface area contributed by atoms with E-state index in [1.54, 1.807) is 0 Å². The monoisotopic (exact) mass is 271 g/mol. The quantitative estimate of drug-likeness (QED) is 0.502. The molecule has 96 valence electrons. The van der Waals surface area contributed by atoms with E-state index >= 15 is 0 Å². The highest BCUT2D eigenvalue weighted by molar-refractivity contribution is 7.85. The third-order valence-electron chi connectivity index (χ3n) is 2.27. The molecule has 18 heavy (non-hydrogen) atoms. The zero-order valence-electron chi connectivity index (χ0n) is 9.28. The summed E-state index contributed by atoms with van der Waals surface area (Å²) in [5.74, 6) is 0. The van der Waals surface area contributed by atoms with Crippen molar-refractivity contribution in [3.63, 3.8) is 0 Å². The highest BCUT2D eigenvalue weighted by Gasteiger charge is 2.14. The number of benzene rings is 1. The molecule has 8 nitrogen and oxygen atoms in total. The summed E-state index contributed by atoms with van der Waals surface area (Å²) in [5.41, 5.74) is 0.688. The minimum atomic E-state index is -3.61. The molecular weight excluding hydrogens is 262 g/mol. The molecule has 2 rings (SSSR count). The number of nitrogens with zero attached hydrogens (tertiary/aromatic N) is 2. The molecule has 0 saturated heterocycles. The third-order valence-corrected chi connectivity index (χ3v) is 2.81. The molecule has 0 aliphatic carbocycles. The summed E-state index contributed by atoms with van der Waals surface area (Å²) in [7, 11) is -3.61. The molecule has 0 aliphatic heterocycles. The normalized spacial score (nSPS) is 11.8. The first kappa shape index (κ1) is 12.5. The van der Waals surface area contributed by atoms with E-state index in [1.807, 2.05) is 0 Å². The number of non-ortho nitro benzene ring substituents is 1. The van der Waals surface area contributed by atoms with Gasteiger partial charge >= 0.3 is 0 Å². The molecule has 2 aromatic rings. The van der Waals surface area contributed by atoms with E-state index < -0.39 is 15.0 Å². The summed E-state index contributed by atoms with van der Waals surface area (Å²) in [6.07, 6.45) is 2.37. The lowest BCUT2D eigenvalue weighted by Gasteiger charge is -2.03. The molecule has 1 N–H and O–H groups in total. The highest BCUT2D eigenvalue weighted by atomic mass is 32.2. The van der Waals surface area contributed by atoms with Crippen molar-refractivity contribution in [2.75, 3.05) is 6.26 Å². The van der Waals surface area contributed by atoms with Crippen LogP contribution in [0.25, 0.3) is 10.9 Å². The second kappa shape index (κ2) is 4.35. The van der Waals surface area contributed by atoms with Crippen LogP contribution in [0.15, 0.2) is 18.3 Å². The van der Waals surface area contributed by atoms with E-state index in [2.05, 4.69) is 14.4 Å². The number of nitro groups is 1. The van der Waals surface area contributed by atoms with Crippen molar-refractivity contribution in [3.8, 4) is 0 Å². The van der Waals surface area contributed by atoms with E-state index in [0.29, 0.717) is 16.5 Å². The maximum atomic E-state index is 10.9. The van der Waals surface area contributed by atoms with Gasteiger partial charge in [0.2, 0.25) is 0 Å². The zero-order valence-corrected chi connectivity index (χ0v) is 10.1. The minimum Gasteiger partial charge on any atom is -0.278 e. The predicted molar refractivity (Wildman–Crippen MR) is 62.4 cm³/mol. The van der Waals surface area contributed by atoms with E-state index in [-0.39, 0.29) is 12.3 Å². The number of hydrogen-bond acceptors (Lipinski definition) is 6. The van der Waals surface area contributed by atoms with Crippen LogP contribution in [0.4, 0.5) is 5.69 Å². The van der Waals surface area contributed by atoms with Gasteiger partial charge in [0, 0.05) is 17.5 Å². The van der Waals surface area contributed by atoms with Gasteiger partial charge in [-0.1, -0.05) is 0 Å². The van der Waals surface area contributed by atoms with Gasteiger partial charge in [0.05, 0.1) is 29.5 Å². The number of rotatable bonds is 4. The van der Waals surface area contributed by atoms with Gasteiger partial charge in [0.15, 0.2) is 0 Å². The van der Waals surface area contributed by atoms with Gasteiger partial charge in [-0.25, -0.2) is 0 Å². The summed E-state index contributed by atoms with van der Waals surface area (Å²) in [6, 6.07) is 2.59. The maximum Gasteiger partial charge on any atom is 0.271 e.